The molecule has 0 saturated carbocycles. The number of halogens is 2. The maximum absolute atomic E-state index is 12.4. The fraction of sp³-hybridized carbons (Fsp3) is 0.188. The lowest BCUT2D eigenvalue weighted by Gasteiger charge is -2.16. The van der Waals surface area contributed by atoms with Crippen LogP contribution in [0.25, 0.3) is 5.95 Å². The fourth-order valence-corrected chi connectivity index (χ4v) is 2.80. The summed E-state index contributed by atoms with van der Waals surface area (Å²) in [6, 6.07) is 4.04. The standard InChI is InChI=1S/C16H15BrClN7O2/c1-9(14-21-8-22-25(14)15-19-4-3-5-20-15)23-16(26)24-12-7-11(18)10(17)6-13(12)27-2/h3-9H,1-2H3,(H2,23,24,26)/t9-/m0/s1. The van der Waals surface area contributed by atoms with Gasteiger partial charge in [0.15, 0.2) is 5.82 Å². The molecule has 2 heterocycles. The molecule has 2 N–H and O–H groups in total. The molecule has 11 heteroatoms. The average Bonchev–Trinajstić information content (AvgIpc) is 3.15. The Labute approximate surface area is 168 Å². The number of anilines is 1. The SMILES string of the molecule is COc1cc(Br)c(Cl)cc1NC(=O)N[C@@H](C)c1ncnn1-c1ncccn1. The zero-order chi connectivity index (χ0) is 19.4. The van der Waals surface area contributed by atoms with Gasteiger partial charge < -0.3 is 15.4 Å². The molecule has 2 aromatic heterocycles. The minimum Gasteiger partial charge on any atom is -0.495 e. The molecule has 0 saturated heterocycles. The van der Waals surface area contributed by atoms with Gasteiger partial charge in [0, 0.05) is 16.9 Å². The van der Waals surface area contributed by atoms with Crippen molar-refractivity contribution in [2.75, 3.05) is 12.4 Å². The average molecular weight is 453 g/mol. The van der Waals surface area contributed by atoms with Crippen molar-refractivity contribution in [2.45, 2.75) is 13.0 Å². The summed E-state index contributed by atoms with van der Waals surface area (Å²) in [6.07, 6.45) is 4.57. The van der Waals surface area contributed by atoms with Gasteiger partial charge in [0.25, 0.3) is 5.95 Å². The lowest BCUT2D eigenvalue weighted by molar-refractivity contribution is 0.248. The van der Waals surface area contributed by atoms with Crippen molar-refractivity contribution in [2.24, 2.45) is 0 Å². The van der Waals surface area contributed by atoms with Crippen LogP contribution >= 0.6 is 27.5 Å². The summed E-state index contributed by atoms with van der Waals surface area (Å²) in [4.78, 5) is 24.9. The molecule has 27 heavy (non-hydrogen) atoms. The number of hydrogen-bond acceptors (Lipinski definition) is 6. The van der Waals surface area contributed by atoms with E-state index in [9.17, 15) is 4.79 Å². The molecular formula is C16H15BrClN7O2. The van der Waals surface area contributed by atoms with E-state index in [1.807, 2.05) is 0 Å². The Bertz CT molecular complexity index is 951. The fourth-order valence-electron chi connectivity index (χ4n) is 2.32. The first-order valence-corrected chi connectivity index (χ1v) is 8.94. The number of aromatic nitrogens is 5. The summed E-state index contributed by atoms with van der Waals surface area (Å²) >= 11 is 9.41. The van der Waals surface area contributed by atoms with Gasteiger partial charge in [-0.2, -0.15) is 9.78 Å². The highest BCUT2D eigenvalue weighted by Crippen LogP contribution is 2.34. The molecule has 0 aliphatic carbocycles. The van der Waals surface area contributed by atoms with E-state index in [4.69, 9.17) is 16.3 Å². The summed E-state index contributed by atoms with van der Waals surface area (Å²) in [5.74, 6) is 1.31. The van der Waals surface area contributed by atoms with Crippen LogP contribution < -0.4 is 15.4 Å². The highest BCUT2D eigenvalue weighted by molar-refractivity contribution is 9.10. The van der Waals surface area contributed by atoms with Gasteiger partial charge in [0.05, 0.1) is 23.9 Å². The molecule has 0 bridgehead atoms. The Hall–Kier alpha value is -2.72. The summed E-state index contributed by atoms with van der Waals surface area (Å²) in [6.45, 7) is 1.77. The molecule has 0 aliphatic rings. The minimum atomic E-state index is -0.465. The van der Waals surface area contributed by atoms with Crippen LogP contribution in [0.1, 0.15) is 18.8 Å². The predicted molar refractivity (Wildman–Crippen MR) is 103 cm³/mol. The summed E-state index contributed by atoms with van der Waals surface area (Å²) in [5.41, 5.74) is 0.434. The van der Waals surface area contributed by atoms with E-state index < -0.39 is 12.1 Å². The van der Waals surface area contributed by atoms with Crippen LogP contribution in [-0.2, 0) is 0 Å². The largest absolute Gasteiger partial charge is 0.495 e. The first-order chi connectivity index (χ1) is 13.0. The number of carbonyl (C=O) groups is 1. The second-order valence-corrected chi connectivity index (χ2v) is 6.63. The zero-order valence-electron chi connectivity index (χ0n) is 14.3. The normalized spacial score (nSPS) is 11.7. The Morgan fingerprint density at radius 1 is 1.30 bits per heavy atom. The molecule has 0 aliphatic heterocycles. The predicted octanol–water partition coefficient (Wildman–Crippen LogP) is 3.36. The molecule has 140 valence electrons. The highest BCUT2D eigenvalue weighted by atomic mass is 79.9. The van der Waals surface area contributed by atoms with Gasteiger partial charge in [-0.1, -0.05) is 11.6 Å². The maximum Gasteiger partial charge on any atom is 0.319 e. The number of ether oxygens (including phenoxy) is 1. The third-order valence-electron chi connectivity index (χ3n) is 3.54. The molecule has 0 spiro atoms. The van der Waals surface area contributed by atoms with Crippen molar-refractivity contribution in [3.8, 4) is 11.7 Å². The van der Waals surface area contributed by atoms with Crippen LogP contribution in [0.5, 0.6) is 5.75 Å². The molecule has 0 radical (unpaired) electrons. The summed E-state index contributed by atoms with van der Waals surface area (Å²) in [5, 5.41) is 10.1. The van der Waals surface area contributed by atoms with Crippen molar-refractivity contribution < 1.29 is 9.53 Å². The summed E-state index contributed by atoms with van der Waals surface area (Å²) < 4.78 is 7.39. The molecule has 9 nitrogen and oxygen atoms in total. The maximum atomic E-state index is 12.4. The Morgan fingerprint density at radius 3 is 2.74 bits per heavy atom. The highest BCUT2D eigenvalue weighted by Gasteiger charge is 2.19. The van der Waals surface area contributed by atoms with Gasteiger partial charge in [0.2, 0.25) is 0 Å². The first kappa shape index (κ1) is 19.1. The number of nitrogens with one attached hydrogen (secondary N) is 2. The molecule has 1 aromatic carbocycles. The lowest BCUT2D eigenvalue weighted by Crippen LogP contribution is -2.32. The van der Waals surface area contributed by atoms with Crippen molar-refractivity contribution in [1.29, 1.82) is 0 Å². The van der Waals surface area contributed by atoms with Gasteiger partial charge in [-0.25, -0.2) is 19.7 Å². The topological polar surface area (TPSA) is 107 Å². The van der Waals surface area contributed by atoms with Crippen molar-refractivity contribution in [3.05, 3.63) is 52.2 Å². The van der Waals surface area contributed by atoms with Gasteiger partial charge >= 0.3 is 6.03 Å². The molecule has 0 unspecified atom stereocenters. The number of nitrogens with zero attached hydrogens (tertiary/aromatic N) is 5. The van der Waals surface area contributed by atoms with E-state index in [0.29, 0.717) is 32.7 Å². The third-order valence-corrected chi connectivity index (χ3v) is 4.74. The zero-order valence-corrected chi connectivity index (χ0v) is 16.7. The number of amides is 2. The molecule has 3 rings (SSSR count). The first-order valence-electron chi connectivity index (χ1n) is 7.77. The molecule has 3 aromatic rings. The quantitative estimate of drug-likeness (QED) is 0.615. The number of hydrogen-bond donors (Lipinski definition) is 2. The van der Waals surface area contributed by atoms with Crippen molar-refractivity contribution in [1.82, 2.24) is 30.0 Å². The molecule has 0 fully saturated rings. The molecule has 1 atom stereocenters. The van der Waals surface area contributed by atoms with Crippen LogP contribution in [0, 0.1) is 0 Å². The van der Waals surface area contributed by atoms with Crippen LogP contribution in [-0.4, -0.2) is 37.9 Å². The van der Waals surface area contributed by atoms with Crippen molar-refractivity contribution in [3.63, 3.8) is 0 Å². The number of benzene rings is 1. The van der Waals surface area contributed by atoms with Crippen LogP contribution in [0.2, 0.25) is 5.02 Å². The van der Waals surface area contributed by atoms with Gasteiger partial charge in [0.1, 0.15) is 12.1 Å². The monoisotopic (exact) mass is 451 g/mol. The molecule has 2 amide bonds. The Morgan fingerprint density at radius 2 is 2.04 bits per heavy atom. The molecular weight excluding hydrogens is 438 g/mol. The number of methoxy groups -OCH3 is 1. The number of urea groups is 1. The Kier molecular flexibility index (Phi) is 5.87. The minimum absolute atomic E-state index is 0.361. The van der Waals surface area contributed by atoms with Crippen molar-refractivity contribution >= 4 is 39.2 Å². The third kappa shape index (κ3) is 4.34. The second-order valence-electron chi connectivity index (χ2n) is 5.37. The van der Waals surface area contributed by atoms with Gasteiger partial charge in [-0.3, -0.25) is 0 Å². The van der Waals surface area contributed by atoms with E-state index in [1.165, 1.54) is 18.1 Å². The Balaban J connectivity index is 1.74. The second kappa shape index (κ2) is 8.31. The van der Waals surface area contributed by atoms with E-state index in [1.54, 1.807) is 37.5 Å². The van der Waals surface area contributed by atoms with Gasteiger partial charge in [-0.05, 0) is 41.1 Å². The lowest BCUT2D eigenvalue weighted by atomic mass is 10.3. The van der Waals surface area contributed by atoms with E-state index >= 15 is 0 Å². The van der Waals surface area contributed by atoms with Gasteiger partial charge in [-0.15, -0.1) is 0 Å². The smallest absolute Gasteiger partial charge is 0.319 e. The number of rotatable bonds is 5. The van der Waals surface area contributed by atoms with Crippen LogP contribution in [0.4, 0.5) is 10.5 Å². The number of carbonyl (C=O) groups excluding carboxylic acids is 1. The van der Waals surface area contributed by atoms with Crippen LogP contribution in [0.3, 0.4) is 0 Å². The van der Waals surface area contributed by atoms with E-state index in [2.05, 4.69) is 46.6 Å². The summed E-state index contributed by atoms with van der Waals surface area (Å²) in [7, 11) is 1.50. The van der Waals surface area contributed by atoms with E-state index in [0.717, 1.165) is 0 Å². The van der Waals surface area contributed by atoms with E-state index in [-0.39, 0.29) is 0 Å². The van der Waals surface area contributed by atoms with Crippen LogP contribution in [0.15, 0.2) is 41.4 Å².